The van der Waals surface area contributed by atoms with E-state index in [2.05, 4.69) is 28.1 Å². The van der Waals surface area contributed by atoms with E-state index in [0.717, 1.165) is 29.6 Å². The Bertz CT molecular complexity index is 699. The Kier molecular flexibility index (Phi) is 4.08. The summed E-state index contributed by atoms with van der Waals surface area (Å²) < 4.78 is 0. The molecule has 0 spiro atoms. The maximum absolute atomic E-state index is 6.14. The topological polar surface area (TPSA) is 41.6 Å². The fourth-order valence-electron chi connectivity index (χ4n) is 3.85. The molecule has 0 bridgehead atoms. The Morgan fingerprint density at radius 2 is 2.04 bits per heavy atom. The summed E-state index contributed by atoms with van der Waals surface area (Å²) in [5.41, 5.74) is 9.96. The zero-order valence-corrected chi connectivity index (χ0v) is 14.2. The van der Waals surface area contributed by atoms with Crippen LogP contribution in [-0.2, 0) is 6.42 Å². The van der Waals surface area contributed by atoms with Crippen molar-refractivity contribution in [2.75, 3.05) is 11.4 Å². The van der Waals surface area contributed by atoms with Crippen molar-refractivity contribution >= 4 is 28.5 Å². The van der Waals surface area contributed by atoms with Gasteiger partial charge in [0.1, 0.15) is 5.84 Å². The molecule has 0 unspecified atom stereocenters. The van der Waals surface area contributed by atoms with Crippen LogP contribution in [0.3, 0.4) is 0 Å². The minimum atomic E-state index is 0.613. The molecule has 4 heteroatoms. The van der Waals surface area contributed by atoms with Gasteiger partial charge < -0.3 is 10.6 Å². The molecule has 23 heavy (non-hydrogen) atoms. The number of amidine groups is 1. The van der Waals surface area contributed by atoms with Crippen molar-refractivity contribution in [2.45, 2.75) is 44.6 Å². The smallest absolute Gasteiger partial charge is 0.141 e. The number of rotatable bonds is 3. The van der Waals surface area contributed by atoms with Gasteiger partial charge in [0.15, 0.2) is 0 Å². The van der Waals surface area contributed by atoms with Crippen LogP contribution in [0.5, 0.6) is 0 Å². The van der Waals surface area contributed by atoms with E-state index in [1.54, 1.807) is 11.3 Å². The van der Waals surface area contributed by atoms with Crippen molar-refractivity contribution in [3.8, 4) is 0 Å². The quantitative estimate of drug-likeness (QED) is 0.668. The molecule has 0 atom stereocenters. The van der Waals surface area contributed by atoms with E-state index in [9.17, 15) is 0 Å². The molecule has 1 fully saturated rings. The van der Waals surface area contributed by atoms with Crippen LogP contribution in [0, 0.1) is 0 Å². The first-order valence-corrected chi connectivity index (χ1v) is 9.47. The fourth-order valence-corrected chi connectivity index (χ4v) is 4.48. The second kappa shape index (κ2) is 6.36. The molecule has 0 saturated heterocycles. The van der Waals surface area contributed by atoms with E-state index in [1.807, 2.05) is 17.5 Å². The van der Waals surface area contributed by atoms with E-state index in [-0.39, 0.29) is 0 Å². The predicted octanol–water partition coefficient (Wildman–Crippen LogP) is 4.48. The number of aliphatic imine (C=N–C) groups is 1. The van der Waals surface area contributed by atoms with Crippen LogP contribution in [-0.4, -0.2) is 18.4 Å². The molecule has 0 amide bonds. The highest BCUT2D eigenvalue weighted by Crippen LogP contribution is 2.36. The van der Waals surface area contributed by atoms with Gasteiger partial charge in [-0.25, -0.2) is 4.99 Å². The number of hydrogen-bond acceptors (Lipinski definition) is 3. The molecule has 1 aliphatic carbocycles. The Labute approximate surface area is 141 Å². The zero-order chi connectivity index (χ0) is 15.6. The number of benzene rings is 1. The first-order valence-electron chi connectivity index (χ1n) is 8.59. The lowest BCUT2D eigenvalue weighted by Crippen LogP contribution is -2.35. The first kappa shape index (κ1) is 14.8. The summed E-state index contributed by atoms with van der Waals surface area (Å²) in [6.45, 7) is 1.16. The highest BCUT2D eigenvalue weighted by molar-refractivity contribution is 7.12. The lowest BCUT2D eigenvalue weighted by Gasteiger charge is -2.33. The van der Waals surface area contributed by atoms with Gasteiger partial charge in [-0.05, 0) is 48.4 Å². The van der Waals surface area contributed by atoms with Crippen LogP contribution in [0.4, 0.5) is 11.4 Å². The number of anilines is 1. The van der Waals surface area contributed by atoms with Gasteiger partial charge in [0, 0.05) is 18.3 Å². The average molecular weight is 325 g/mol. The molecule has 4 rings (SSSR count). The normalized spacial score (nSPS) is 19.1. The molecule has 2 aliphatic rings. The maximum Gasteiger partial charge on any atom is 0.141 e. The van der Waals surface area contributed by atoms with Gasteiger partial charge in [0.2, 0.25) is 0 Å². The third-order valence-electron chi connectivity index (χ3n) is 5.04. The van der Waals surface area contributed by atoms with E-state index in [1.165, 1.54) is 43.4 Å². The van der Waals surface area contributed by atoms with E-state index in [0.29, 0.717) is 5.84 Å². The number of hydrogen-bond donors (Lipinski definition) is 1. The highest BCUT2D eigenvalue weighted by Gasteiger charge is 2.27. The highest BCUT2D eigenvalue weighted by atomic mass is 32.1. The third-order valence-corrected chi connectivity index (χ3v) is 5.93. The fraction of sp³-hybridized carbons (Fsp3) is 0.421. The molecule has 3 nitrogen and oxygen atoms in total. The standard InChI is InChI=1S/C19H23N3S/c20-19(18-7-4-12-23-18)21-15-9-8-14-10-11-22(17(14)13-15)16-5-2-1-3-6-16/h4,7-9,12-13,16H,1-3,5-6,10-11H2,(H2,20,21). The molecule has 2 aromatic rings. The lowest BCUT2D eigenvalue weighted by molar-refractivity contribution is 0.420. The third kappa shape index (κ3) is 3.00. The summed E-state index contributed by atoms with van der Waals surface area (Å²) in [5.74, 6) is 0.613. The molecule has 1 aliphatic heterocycles. The molecule has 1 saturated carbocycles. The Balaban J connectivity index is 1.61. The lowest BCUT2D eigenvalue weighted by atomic mass is 9.94. The van der Waals surface area contributed by atoms with Crippen LogP contribution in [0.15, 0.2) is 40.7 Å². The van der Waals surface area contributed by atoms with E-state index in [4.69, 9.17) is 5.73 Å². The van der Waals surface area contributed by atoms with E-state index < -0.39 is 0 Å². The van der Waals surface area contributed by atoms with Crippen molar-refractivity contribution in [1.82, 2.24) is 0 Å². The van der Waals surface area contributed by atoms with Gasteiger partial charge in [-0.2, -0.15) is 0 Å². The van der Waals surface area contributed by atoms with Gasteiger partial charge >= 0.3 is 0 Å². The van der Waals surface area contributed by atoms with E-state index >= 15 is 0 Å². The van der Waals surface area contributed by atoms with Crippen molar-refractivity contribution in [3.63, 3.8) is 0 Å². The monoisotopic (exact) mass is 325 g/mol. The summed E-state index contributed by atoms with van der Waals surface area (Å²) in [7, 11) is 0. The summed E-state index contributed by atoms with van der Waals surface area (Å²) in [6.07, 6.45) is 7.99. The predicted molar refractivity (Wildman–Crippen MR) is 99.1 cm³/mol. The van der Waals surface area contributed by atoms with Gasteiger partial charge in [-0.1, -0.05) is 31.4 Å². The van der Waals surface area contributed by atoms with Crippen LogP contribution in [0.2, 0.25) is 0 Å². The van der Waals surface area contributed by atoms with Crippen molar-refractivity contribution in [3.05, 3.63) is 46.2 Å². The molecular weight excluding hydrogens is 302 g/mol. The molecule has 2 heterocycles. The summed E-state index contributed by atoms with van der Waals surface area (Å²) in [4.78, 5) is 8.29. The van der Waals surface area contributed by atoms with Gasteiger partial charge in [-0.3, -0.25) is 0 Å². The second-order valence-corrected chi connectivity index (χ2v) is 7.47. The Morgan fingerprint density at radius 3 is 2.83 bits per heavy atom. The van der Waals surface area contributed by atoms with Crippen molar-refractivity contribution < 1.29 is 0 Å². The number of nitrogens with two attached hydrogens (primary N) is 1. The molecule has 1 aromatic carbocycles. The number of thiophene rings is 1. The summed E-state index contributed by atoms with van der Waals surface area (Å²) in [5, 5.41) is 2.03. The van der Waals surface area contributed by atoms with Crippen molar-refractivity contribution in [1.29, 1.82) is 0 Å². The Hall–Kier alpha value is -1.81. The minimum Gasteiger partial charge on any atom is -0.383 e. The molecule has 120 valence electrons. The van der Waals surface area contributed by atoms with Gasteiger partial charge in [0.05, 0.1) is 10.6 Å². The summed E-state index contributed by atoms with van der Waals surface area (Å²) in [6, 6.07) is 11.3. The van der Waals surface area contributed by atoms with Crippen LogP contribution in [0.25, 0.3) is 0 Å². The SMILES string of the molecule is NC(=Nc1ccc2c(c1)N(C1CCCCC1)CC2)c1cccs1. The maximum atomic E-state index is 6.14. The zero-order valence-electron chi connectivity index (χ0n) is 13.4. The number of nitrogens with zero attached hydrogens (tertiary/aromatic N) is 2. The van der Waals surface area contributed by atoms with Gasteiger partial charge in [-0.15, -0.1) is 11.3 Å². The van der Waals surface area contributed by atoms with Crippen molar-refractivity contribution in [2.24, 2.45) is 10.7 Å². The average Bonchev–Trinajstić information content (AvgIpc) is 3.25. The second-order valence-electron chi connectivity index (χ2n) is 6.52. The molecule has 0 radical (unpaired) electrons. The van der Waals surface area contributed by atoms with Crippen LogP contribution < -0.4 is 10.6 Å². The molecular formula is C19H23N3S. The molecule has 1 aromatic heterocycles. The van der Waals surface area contributed by atoms with Gasteiger partial charge in [0.25, 0.3) is 0 Å². The largest absolute Gasteiger partial charge is 0.383 e. The summed E-state index contributed by atoms with van der Waals surface area (Å²) >= 11 is 1.63. The molecule has 2 N–H and O–H groups in total. The Morgan fingerprint density at radius 1 is 1.17 bits per heavy atom. The number of fused-ring (bicyclic) bond motifs is 1. The van der Waals surface area contributed by atoms with Crippen LogP contribution >= 0.6 is 11.3 Å². The van der Waals surface area contributed by atoms with Crippen LogP contribution in [0.1, 0.15) is 42.5 Å². The minimum absolute atomic E-state index is 0.613. The first-order chi connectivity index (χ1) is 11.3.